The van der Waals surface area contributed by atoms with Crippen LogP contribution in [-0.2, 0) is 6.54 Å². The van der Waals surface area contributed by atoms with Crippen LogP contribution in [0.3, 0.4) is 0 Å². The average molecular weight is 151 g/mol. The quantitative estimate of drug-likeness (QED) is 0.633. The van der Waals surface area contributed by atoms with Crippen molar-refractivity contribution >= 4 is 0 Å². The van der Waals surface area contributed by atoms with Crippen molar-refractivity contribution in [1.29, 1.82) is 0 Å². The fourth-order valence-corrected chi connectivity index (χ4v) is 0.807. The number of nitrogens with zero attached hydrogens (tertiary/aromatic N) is 1. The van der Waals surface area contributed by atoms with Crippen molar-refractivity contribution in [3.8, 4) is 5.75 Å². The van der Waals surface area contributed by atoms with Crippen molar-refractivity contribution < 1.29 is 5.11 Å². The van der Waals surface area contributed by atoms with E-state index < -0.39 is 0 Å². The molecule has 0 aromatic carbocycles. The number of allylic oxidation sites excluding steroid dienone is 1. The lowest BCUT2D eigenvalue weighted by molar-refractivity contribution is 0.459. The molecule has 11 heavy (non-hydrogen) atoms. The summed E-state index contributed by atoms with van der Waals surface area (Å²) in [5.74, 6) is -0.227. The molecule has 1 rings (SSSR count). The Balaban J connectivity index is 3.16. The maximum atomic E-state index is 11.0. The van der Waals surface area contributed by atoms with Crippen molar-refractivity contribution in [2.75, 3.05) is 0 Å². The van der Waals surface area contributed by atoms with Gasteiger partial charge in [-0.05, 0) is 12.1 Å². The van der Waals surface area contributed by atoms with Gasteiger partial charge in [-0.3, -0.25) is 4.79 Å². The molecule has 0 amide bonds. The SMILES string of the molecule is C=CCn1cccc(O)c1=O. The maximum absolute atomic E-state index is 11.0. The first-order valence-electron chi connectivity index (χ1n) is 3.25. The zero-order valence-corrected chi connectivity index (χ0v) is 6.03. The molecular formula is C8H9NO2. The number of hydrogen-bond acceptors (Lipinski definition) is 2. The van der Waals surface area contributed by atoms with E-state index in [1.54, 1.807) is 18.3 Å². The summed E-state index contributed by atoms with van der Waals surface area (Å²) >= 11 is 0. The molecule has 0 saturated carbocycles. The van der Waals surface area contributed by atoms with Crippen molar-refractivity contribution in [2.24, 2.45) is 0 Å². The zero-order chi connectivity index (χ0) is 8.27. The lowest BCUT2D eigenvalue weighted by Crippen LogP contribution is -2.17. The smallest absolute Gasteiger partial charge is 0.292 e. The molecule has 3 nitrogen and oxygen atoms in total. The Kier molecular flexibility index (Phi) is 2.11. The first-order chi connectivity index (χ1) is 5.25. The molecular weight excluding hydrogens is 142 g/mol. The molecule has 1 aromatic heterocycles. The highest BCUT2D eigenvalue weighted by atomic mass is 16.3. The van der Waals surface area contributed by atoms with Crippen LogP contribution in [0.1, 0.15) is 0 Å². The monoisotopic (exact) mass is 151 g/mol. The second kappa shape index (κ2) is 3.05. The van der Waals surface area contributed by atoms with Crippen molar-refractivity contribution in [2.45, 2.75) is 6.54 Å². The van der Waals surface area contributed by atoms with Crippen LogP contribution < -0.4 is 5.56 Å². The fraction of sp³-hybridized carbons (Fsp3) is 0.125. The van der Waals surface area contributed by atoms with Gasteiger partial charge in [-0.1, -0.05) is 6.08 Å². The van der Waals surface area contributed by atoms with E-state index in [1.807, 2.05) is 0 Å². The second-order valence-electron chi connectivity index (χ2n) is 2.14. The van der Waals surface area contributed by atoms with Crippen molar-refractivity contribution in [3.05, 3.63) is 41.3 Å². The molecule has 1 aromatic rings. The highest BCUT2D eigenvalue weighted by Crippen LogP contribution is 1.96. The van der Waals surface area contributed by atoms with E-state index in [0.717, 1.165) is 0 Å². The highest BCUT2D eigenvalue weighted by Gasteiger charge is 1.96. The van der Waals surface area contributed by atoms with Gasteiger partial charge in [-0.15, -0.1) is 6.58 Å². The van der Waals surface area contributed by atoms with Crippen LogP contribution in [0.4, 0.5) is 0 Å². The molecule has 0 atom stereocenters. The maximum Gasteiger partial charge on any atom is 0.292 e. The van der Waals surface area contributed by atoms with Gasteiger partial charge in [0.2, 0.25) is 0 Å². The predicted molar refractivity (Wildman–Crippen MR) is 42.6 cm³/mol. The molecule has 1 N–H and O–H groups in total. The third-order valence-electron chi connectivity index (χ3n) is 1.33. The Morgan fingerprint density at radius 3 is 3.09 bits per heavy atom. The molecule has 0 unspecified atom stereocenters. The largest absolute Gasteiger partial charge is 0.503 e. The molecule has 0 aliphatic heterocycles. The normalized spacial score (nSPS) is 9.45. The third-order valence-corrected chi connectivity index (χ3v) is 1.33. The Morgan fingerprint density at radius 2 is 2.45 bits per heavy atom. The molecule has 0 radical (unpaired) electrons. The molecule has 0 aliphatic carbocycles. The number of aromatic hydroxyl groups is 1. The summed E-state index contributed by atoms with van der Waals surface area (Å²) in [6.45, 7) is 3.91. The summed E-state index contributed by atoms with van der Waals surface area (Å²) in [6.07, 6.45) is 3.20. The van der Waals surface area contributed by atoms with Crippen LogP contribution in [0.25, 0.3) is 0 Å². The average Bonchev–Trinajstić information content (AvgIpc) is 1.99. The standard InChI is InChI=1S/C8H9NO2/c1-2-5-9-6-3-4-7(10)8(9)11/h2-4,6,10H,1,5H2. The summed E-state index contributed by atoms with van der Waals surface area (Å²) < 4.78 is 1.38. The lowest BCUT2D eigenvalue weighted by atomic mass is 10.4. The number of aromatic nitrogens is 1. The van der Waals surface area contributed by atoms with Gasteiger partial charge in [0.15, 0.2) is 5.75 Å². The molecule has 0 saturated heterocycles. The number of pyridine rings is 1. The third kappa shape index (κ3) is 1.49. The fourth-order valence-electron chi connectivity index (χ4n) is 0.807. The first-order valence-corrected chi connectivity index (χ1v) is 3.25. The summed E-state index contributed by atoms with van der Waals surface area (Å²) in [7, 11) is 0. The minimum absolute atomic E-state index is 0.227. The topological polar surface area (TPSA) is 42.2 Å². The molecule has 3 heteroatoms. The van der Waals surface area contributed by atoms with Gasteiger partial charge in [-0.2, -0.15) is 0 Å². The van der Waals surface area contributed by atoms with E-state index in [4.69, 9.17) is 5.11 Å². The van der Waals surface area contributed by atoms with Gasteiger partial charge in [0.25, 0.3) is 5.56 Å². The van der Waals surface area contributed by atoms with E-state index >= 15 is 0 Å². The van der Waals surface area contributed by atoms with Gasteiger partial charge >= 0.3 is 0 Å². The second-order valence-corrected chi connectivity index (χ2v) is 2.14. The van der Waals surface area contributed by atoms with Crippen LogP contribution in [0.15, 0.2) is 35.8 Å². The van der Waals surface area contributed by atoms with Crippen molar-refractivity contribution in [1.82, 2.24) is 4.57 Å². The zero-order valence-electron chi connectivity index (χ0n) is 6.03. The van der Waals surface area contributed by atoms with Crippen LogP contribution >= 0.6 is 0 Å². The van der Waals surface area contributed by atoms with E-state index in [-0.39, 0.29) is 11.3 Å². The van der Waals surface area contributed by atoms with Crippen LogP contribution in [-0.4, -0.2) is 9.67 Å². The van der Waals surface area contributed by atoms with Gasteiger partial charge in [0.1, 0.15) is 0 Å². The molecule has 0 fully saturated rings. The van der Waals surface area contributed by atoms with E-state index in [2.05, 4.69) is 6.58 Å². The summed E-state index contributed by atoms with van der Waals surface area (Å²) in [6, 6.07) is 2.97. The predicted octanol–water partition coefficient (Wildman–Crippen LogP) is 0.740. The molecule has 0 bridgehead atoms. The van der Waals surface area contributed by atoms with E-state index in [9.17, 15) is 4.79 Å². The van der Waals surface area contributed by atoms with Crippen LogP contribution in [0.2, 0.25) is 0 Å². The van der Waals surface area contributed by atoms with Gasteiger partial charge in [0, 0.05) is 12.7 Å². The summed E-state index contributed by atoms with van der Waals surface area (Å²) in [5.41, 5.74) is -0.382. The minimum atomic E-state index is -0.382. The van der Waals surface area contributed by atoms with Crippen LogP contribution in [0.5, 0.6) is 5.75 Å². The van der Waals surface area contributed by atoms with E-state index in [0.29, 0.717) is 6.54 Å². The van der Waals surface area contributed by atoms with Gasteiger partial charge in [0.05, 0.1) is 0 Å². The summed E-state index contributed by atoms with van der Waals surface area (Å²) in [4.78, 5) is 11.0. The first kappa shape index (κ1) is 7.60. The molecule has 0 spiro atoms. The number of hydrogen-bond donors (Lipinski definition) is 1. The number of rotatable bonds is 2. The lowest BCUT2D eigenvalue weighted by Gasteiger charge is -1.99. The Bertz CT molecular complexity index is 314. The van der Waals surface area contributed by atoms with Gasteiger partial charge in [-0.25, -0.2) is 0 Å². The molecule has 58 valence electrons. The van der Waals surface area contributed by atoms with E-state index in [1.165, 1.54) is 10.6 Å². The molecule has 1 heterocycles. The molecule has 0 aliphatic rings. The van der Waals surface area contributed by atoms with Crippen LogP contribution in [0, 0.1) is 0 Å². The van der Waals surface area contributed by atoms with Crippen molar-refractivity contribution in [3.63, 3.8) is 0 Å². The highest BCUT2D eigenvalue weighted by molar-refractivity contribution is 5.15. The summed E-state index contributed by atoms with van der Waals surface area (Å²) in [5, 5.41) is 8.96. The van der Waals surface area contributed by atoms with Gasteiger partial charge < -0.3 is 9.67 Å². The Hall–Kier alpha value is -1.51. The minimum Gasteiger partial charge on any atom is -0.503 e. The Morgan fingerprint density at radius 1 is 1.73 bits per heavy atom. The Labute approximate surface area is 64.2 Å².